The van der Waals surface area contributed by atoms with Gasteiger partial charge in [-0.1, -0.05) is 42.0 Å². The van der Waals surface area contributed by atoms with E-state index in [1.165, 1.54) is 7.11 Å². The van der Waals surface area contributed by atoms with Crippen LogP contribution in [-0.2, 0) is 14.3 Å². The summed E-state index contributed by atoms with van der Waals surface area (Å²) in [6, 6.07) is 6.81. The maximum Gasteiger partial charge on any atom is 0.327 e. The normalized spacial score (nSPS) is 22.1. The van der Waals surface area contributed by atoms with Crippen LogP contribution in [-0.4, -0.2) is 55.0 Å². The van der Waals surface area contributed by atoms with E-state index in [4.69, 9.17) is 16.3 Å². The van der Waals surface area contributed by atoms with E-state index in [2.05, 4.69) is 17.1 Å². The van der Waals surface area contributed by atoms with Gasteiger partial charge in [0, 0.05) is 37.1 Å². The first kappa shape index (κ1) is 18.9. The molecule has 5 nitrogen and oxygen atoms in total. The molecule has 0 saturated carbocycles. The molecule has 1 aromatic rings. The Morgan fingerprint density at radius 3 is 2.50 bits per heavy atom. The Balaban J connectivity index is 1.68. The highest BCUT2D eigenvalue weighted by Gasteiger charge is 2.34. The molecule has 6 heteroatoms. The topological polar surface area (TPSA) is 49.9 Å². The van der Waals surface area contributed by atoms with Crippen LogP contribution in [0.15, 0.2) is 36.4 Å². The number of benzene rings is 1. The van der Waals surface area contributed by atoms with E-state index in [1.807, 2.05) is 23.1 Å². The van der Waals surface area contributed by atoms with Gasteiger partial charge in [-0.05, 0) is 30.9 Å². The van der Waals surface area contributed by atoms with Crippen LogP contribution in [0.1, 0.15) is 30.9 Å². The van der Waals surface area contributed by atoms with Crippen molar-refractivity contribution in [2.75, 3.05) is 33.3 Å². The minimum absolute atomic E-state index is 0.103. The van der Waals surface area contributed by atoms with Gasteiger partial charge in [0.05, 0.1) is 7.11 Å². The number of allylic oxidation sites excluding steroid dienone is 2. The summed E-state index contributed by atoms with van der Waals surface area (Å²) in [5.41, 5.74) is 0.748. The molecule has 2 aliphatic rings. The average molecular weight is 377 g/mol. The lowest BCUT2D eigenvalue weighted by Crippen LogP contribution is -2.52. The van der Waals surface area contributed by atoms with Crippen LogP contribution in [0, 0.1) is 5.92 Å². The third-order valence-electron chi connectivity index (χ3n) is 5.23. The van der Waals surface area contributed by atoms with Crippen molar-refractivity contribution in [3.63, 3.8) is 0 Å². The third-order valence-corrected chi connectivity index (χ3v) is 5.58. The molecule has 0 radical (unpaired) electrons. The predicted molar refractivity (Wildman–Crippen MR) is 101 cm³/mol. The van der Waals surface area contributed by atoms with Gasteiger partial charge in [0.25, 0.3) is 0 Å². The van der Waals surface area contributed by atoms with Crippen molar-refractivity contribution in [2.24, 2.45) is 5.92 Å². The molecule has 1 heterocycles. The van der Waals surface area contributed by atoms with E-state index in [1.54, 1.807) is 6.07 Å². The Hall–Kier alpha value is -1.85. The lowest BCUT2D eigenvalue weighted by atomic mass is 9.93. The maximum absolute atomic E-state index is 12.7. The number of carbonyl (C=O) groups is 2. The van der Waals surface area contributed by atoms with Crippen molar-refractivity contribution in [2.45, 2.75) is 25.3 Å². The molecule has 3 rings (SSSR count). The summed E-state index contributed by atoms with van der Waals surface area (Å²) in [5.74, 6) is 0.0168. The summed E-state index contributed by atoms with van der Waals surface area (Å²) in [6.45, 7) is 2.49. The van der Waals surface area contributed by atoms with Gasteiger partial charge in [-0.3, -0.25) is 9.69 Å². The number of hydrogen-bond acceptors (Lipinski definition) is 4. The SMILES string of the molecule is COC(=O)[C@H](c1ccccc1Cl)N1CCN(C(=O)[C@H]2CC=CCC2)CC1. The van der Waals surface area contributed by atoms with Crippen molar-refractivity contribution < 1.29 is 14.3 Å². The number of piperazine rings is 1. The highest BCUT2D eigenvalue weighted by atomic mass is 35.5. The Morgan fingerprint density at radius 2 is 1.88 bits per heavy atom. The van der Waals surface area contributed by atoms with Gasteiger partial charge in [0.2, 0.25) is 5.91 Å². The number of hydrogen-bond donors (Lipinski definition) is 0. The van der Waals surface area contributed by atoms with E-state index in [-0.39, 0.29) is 17.8 Å². The Labute approximate surface area is 159 Å². The number of amides is 1. The number of ether oxygens (including phenoxy) is 1. The molecular formula is C20H25ClN2O3. The van der Waals surface area contributed by atoms with Crippen LogP contribution in [0.2, 0.25) is 5.02 Å². The van der Waals surface area contributed by atoms with Gasteiger partial charge < -0.3 is 9.64 Å². The van der Waals surface area contributed by atoms with Crippen LogP contribution in [0.4, 0.5) is 0 Å². The molecule has 2 atom stereocenters. The van der Waals surface area contributed by atoms with Gasteiger partial charge in [-0.15, -0.1) is 0 Å². The predicted octanol–water partition coefficient (Wildman–Crippen LogP) is 3.05. The molecule has 140 valence electrons. The molecule has 0 N–H and O–H groups in total. The average Bonchev–Trinajstić information content (AvgIpc) is 2.70. The van der Waals surface area contributed by atoms with Gasteiger partial charge >= 0.3 is 5.97 Å². The minimum Gasteiger partial charge on any atom is -0.468 e. The molecule has 1 amide bonds. The highest BCUT2D eigenvalue weighted by Crippen LogP contribution is 2.30. The minimum atomic E-state index is -0.538. The number of esters is 1. The van der Waals surface area contributed by atoms with Gasteiger partial charge in [-0.25, -0.2) is 4.79 Å². The van der Waals surface area contributed by atoms with Crippen molar-refractivity contribution in [1.82, 2.24) is 9.80 Å². The molecule has 0 unspecified atom stereocenters. The molecule has 1 saturated heterocycles. The molecule has 0 aromatic heterocycles. The van der Waals surface area contributed by atoms with E-state index in [0.717, 1.165) is 24.8 Å². The monoisotopic (exact) mass is 376 g/mol. The number of halogens is 1. The number of rotatable bonds is 4. The molecule has 26 heavy (non-hydrogen) atoms. The number of methoxy groups -OCH3 is 1. The summed E-state index contributed by atoms with van der Waals surface area (Å²) in [4.78, 5) is 29.1. The Bertz CT molecular complexity index is 683. The van der Waals surface area contributed by atoms with E-state index < -0.39 is 6.04 Å². The number of nitrogens with zero attached hydrogens (tertiary/aromatic N) is 2. The van der Waals surface area contributed by atoms with E-state index in [9.17, 15) is 9.59 Å². The second kappa shape index (κ2) is 8.69. The molecule has 1 aliphatic carbocycles. The first-order valence-electron chi connectivity index (χ1n) is 9.12. The highest BCUT2D eigenvalue weighted by molar-refractivity contribution is 6.31. The summed E-state index contributed by atoms with van der Waals surface area (Å²) in [5, 5.41) is 0.551. The largest absolute Gasteiger partial charge is 0.468 e. The van der Waals surface area contributed by atoms with Crippen molar-refractivity contribution in [1.29, 1.82) is 0 Å². The van der Waals surface area contributed by atoms with E-state index >= 15 is 0 Å². The zero-order valence-electron chi connectivity index (χ0n) is 15.1. The van der Waals surface area contributed by atoms with Crippen LogP contribution in [0.25, 0.3) is 0 Å². The van der Waals surface area contributed by atoms with Crippen molar-refractivity contribution in [3.05, 3.63) is 47.0 Å². The Kier molecular flexibility index (Phi) is 6.33. The van der Waals surface area contributed by atoms with Crippen LogP contribution < -0.4 is 0 Å². The summed E-state index contributed by atoms with van der Waals surface area (Å²) >= 11 is 6.31. The zero-order valence-corrected chi connectivity index (χ0v) is 15.8. The third kappa shape index (κ3) is 4.10. The second-order valence-corrected chi connectivity index (χ2v) is 7.20. The fourth-order valence-corrected chi connectivity index (χ4v) is 4.00. The lowest BCUT2D eigenvalue weighted by Gasteiger charge is -2.39. The zero-order chi connectivity index (χ0) is 18.5. The molecular weight excluding hydrogens is 352 g/mol. The lowest BCUT2D eigenvalue weighted by molar-refractivity contribution is -0.149. The van der Waals surface area contributed by atoms with Crippen LogP contribution >= 0.6 is 11.6 Å². The molecule has 0 bridgehead atoms. The summed E-state index contributed by atoms with van der Waals surface area (Å²) < 4.78 is 5.02. The van der Waals surface area contributed by atoms with Crippen LogP contribution in [0.5, 0.6) is 0 Å². The quantitative estimate of drug-likeness (QED) is 0.598. The molecule has 1 fully saturated rings. The first-order valence-corrected chi connectivity index (χ1v) is 9.49. The van der Waals surface area contributed by atoms with Gasteiger partial charge in [0.15, 0.2) is 0 Å². The van der Waals surface area contributed by atoms with Crippen molar-refractivity contribution in [3.8, 4) is 0 Å². The van der Waals surface area contributed by atoms with E-state index in [0.29, 0.717) is 31.2 Å². The van der Waals surface area contributed by atoms with Crippen molar-refractivity contribution >= 4 is 23.5 Å². The fraction of sp³-hybridized carbons (Fsp3) is 0.500. The Morgan fingerprint density at radius 1 is 1.15 bits per heavy atom. The van der Waals surface area contributed by atoms with Gasteiger partial charge in [-0.2, -0.15) is 0 Å². The molecule has 1 aromatic carbocycles. The van der Waals surface area contributed by atoms with Gasteiger partial charge in [0.1, 0.15) is 6.04 Å². The fourth-order valence-electron chi connectivity index (χ4n) is 3.76. The standard InChI is InChI=1S/C20H25ClN2O3/c1-26-20(25)18(16-9-5-6-10-17(16)21)22-11-13-23(14-12-22)19(24)15-7-3-2-4-8-15/h2-3,5-6,9-10,15,18H,4,7-8,11-14H2,1H3/t15-,18-/m0/s1. The maximum atomic E-state index is 12.7. The summed E-state index contributed by atoms with van der Waals surface area (Å²) in [6.07, 6.45) is 7.00. The first-order chi connectivity index (χ1) is 12.6. The van der Waals surface area contributed by atoms with Crippen LogP contribution in [0.3, 0.4) is 0 Å². The second-order valence-electron chi connectivity index (χ2n) is 6.79. The molecule has 1 aliphatic heterocycles. The summed E-state index contributed by atoms with van der Waals surface area (Å²) in [7, 11) is 1.39. The number of carbonyl (C=O) groups excluding carboxylic acids is 2. The molecule has 0 spiro atoms. The smallest absolute Gasteiger partial charge is 0.327 e.